The van der Waals surface area contributed by atoms with Gasteiger partial charge in [-0.2, -0.15) is 0 Å². The molecule has 1 heterocycles. The molecule has 112 valence electrons. The maximum absolute atomic E-state index is 5.51. The third kappa shape index (κ3) is 4.43. The van der Waals surface area contributed by atoms with Gasteiger partial charge in [0.2, 0.25) is 0 Å². The number of hydrazine groups is 1. The maximum atomic E-state index is 5.51. The minimum absolute atomic E-state index is 0.0404. The van der Waals surface area contributed by atoms with Crippen molar-refractivity contribution in [1.29, 1.82) is 0 Å². The third-order valence-electron chi connectivity index (χ3n) is 2.88. The molecule has 0 radical (unpaired) electrons. The number of rotatable bonds is 4. The Morgan fingerprint density at radius 1 is 1.24 bits per heavy atom. The van der Waals surface area contributed by atoms with E-state index >= 15 is 0 Å². The van der Waals surface area contributed by atoms with E-state index in [0.717, 1.165) is 16.0 Å². The minimum Gasteiger partial charge on any atom is -0.308 e. The Kier molecular flexibility index (Phi) is 5.24. The summed E-state index contributed by atoms with van der Waals surface area (Å²) in [7, 11) is 0. The van der Waals surface area contributed by atoms with Crippen LogP contribution < -0.4 is 11.3 Å². The van der Waals surface area contributed by atoms with Crippen LogP contribution in [0.1, 0.15) is 32.3 Å². The number of hydrogen-bond donors (Lipinski definition) is 2. The topological polar surface area (TPSA) is 63.8 Å². The van der Waals surface area contributed by atoms with Gasteiger partial charge in [0.15, 0.2) is 0 Å². The molecular formula is C15H19BrN4S. The second-order valence-corrected chi connectivity index (χ2v) is 7.54. The monoisotopic (exact) mass is 366 g/mol. The summed E-state index contributed by atoms with van der Waals surface area (Å²) in [5.74, 6) is 7.63. The molecule has 0 unspecified atom stereocenters. The van der Waals surface area contributed by atoms with Gasteiger partial charge in [0, 0.05) is 20.8 Å². The highest BCUT2D eigenvalue weighted by molar-refractivity contribution is 9.10. The molecule has 0 amide bonds. The average Bonchev–Trinajstić information content (AvgIpc) is 2.45. The normalized spacial score (nSPS) is 11.5. The predicted octanol–water partition coefficient (Wildman–Crippen LogP) is 4.11. The first-order valence-electron chi connectivity index (χ1n) is 6.62. The zero-order valence-electron chi connectivity index (χ0n) is 12.4. The molecule has 6 heteroatoms. The lowest BCUT2D eigenvalue weighted by Crippen LogP contribution is -2.18. The first kappa shape index (κ1) is 16.3. The van der Waals surface area contributed by atoms with Gasteiger partial charge >= 0.3 is 0 Å². The van der Waals surface area contributed by atoms with Crippen molar-refractivity contribution in [2.24, 2.45) is 5.84 Å². The van der Waals surface area contributed by atoms with Gasteiger partial charge in [0.05, 0.1) is 11.4 Å². The molecule has 21 heavy (non-hydrogen) atoms. The summed E-state index contributed by atoms with van der Waals surface area (Å²) in [4.78, 5) is 10.3. The number of nitrogen functional groups attached to an aromatic ring is 1. The van der Waals surface area contributed by atoms with Crippen LogP contribution in [0.2, 0.25) is 0 Å². The molecule has 0 saturated carbocycles. The molecule has 1 aromatic heterocycles. The van der Waals surface area contributed by atoms with Crippen molar-refractivity contribution in [3.63, 3.8) is 0 Å². The fraction of sp³-hybridized carbons (Fsp3) is 0.333. The zero-order valence-corrected chi connectivity index (χ0v) is 14.8. The second-order valence-electron chi connectivity index (χ2n) is 5.67. The fourth-order valence-electron chi connectivity index (χ4n) is 1.72. The Labute approximate surface area is 138 Å². The van der Waals surface area contributed by atoms with Gasteiger partial charge in [-0.25, -0.2) is 15.8 Å². The van der Waals surface area contributed by atoms with E-state index in [0.29, 0.717) is 11.6 Å². The Morgan fingerprint density at radius 2 is 1.95 bits per heavy atom. The van der Waals surface area contributed by atoms with E-state index in [4.69, 9.17) is 5.84 Å². The molecule has 0 aliphatic carbocycles. The van der Waals surface area contributed by atoms with E-state index in [2.05, 4.69) is 58.2 Å². The lowest BCUT2D eigenvalue weighted by Gasteiger charge is -2.19. The van der Waals surface area contributed by atoms with Gasteiger partial charge in [-0.1, -0.05) is 32.9 Å². The first-order chi connectivity index (χ1) is 9.90. The van der Waals surface area contributed by atoms with E-state index in [1.54, 1.807) is 11.8 Å². The van der Waals surface area contributed by atoms with E-state index < -0.39 is 0 Å². The van der Waals surface area contributed by atoms with Crippen molar-refractivity contribution >= 4 is 33.5 Å². The first-order valence-corrected chi connectivity index (χ1v) is 8.40. The third-order valence-corrected chi connectivity index (χ3v) is 4.91. The van der Waals surface area contributed by atoms with Crippen molar-refractivity contribution in [3.05, 3.63) is 46.3 Å². The number of nitrogens with one attached hydrogen (secondary N) is 1. The molecule has 0 spiro atoms. The van der Waals surface area contributed by atoms with Gasteiger partial charge in [0.25, 0.3) is 0 Å². The standard InChI is InChI=1S/C15H19BrN4S/c1-15(2,3)12-8-13(20-17)19-14(18-12)9-21-11-7-5-4-6-10(11)16/h4-8H,9,17H2,1-3H3,(H,18,19,20). The summed E-state index contributed by atoms with van der Waals surface area (Å²) in [6.45, 7) is 6.38. The lowest BCUT2D eigenvalue weighted by molar-refractivity contribution is 0.564. The Bertz CT molecular complexity index is 625. The van der Waals surface area contributed by atoms with Crippen LogP contribution in [0.15, 0.2) is 39.7 Å². The van der Waals surface area contributed by atoms with Crippen LogP contribution in [0.5, 0.6) is 0 Å². The fourth-order valence-corrected chi connectivity index (χ4v) is 3.15. The summed E-state index contributed by atoms with van der Waals surface area (Å²) in [5, 5.41) is 0. The van der Waals surface area contributed by atoms with Gasteiger partial charge in [0.1, 0.15) is 11.6 Å². The Balaban J connectivity index is 2.22. The highest BCUT2D eigenvalue weighted by Gasteiger charge is 2.18. The molecule has 0 fully saturated rings. The van der Waals surface area contributed by atoms with Crippen LogP contribution >= 0.6 is 27.7 Å². The highest BCUT2D eigenvalue weighted by atomic mass is 79.9. The largest absolute Gasteiger partial charge is 0.308 e. The van der Waals surface area contributed by atoms with Crippen LogP contribution in [-0.4, -0.2) is 9.97 Å². The summed E-state index contributed by atoms with van der Waals surface area (Å²) in [6, 6.07) is 10.0. The number of nitrogens with two attached hydrogens (primary N) is 1. The van der Waals surface area contributed by atoms with Crippen LogP contribution in [0.4, 0.5) is 5.82 Å². The van der Waals surface area contributed by atoms with Crippen molar-refractivity contribution in [1.82, 2.24) is 9.97 Å². The molecule has 0 bridgehead atoms. The molecule has 2 aromatic rings. The van der Waals surface area contributed by atoms with Gasteiger partial charge in [-0.05, 0) is 28.1 Å². The minimum atomic E-state index is -0.0404. The number of nitrogens with zero attached hydrogens (tertiary/aromatic N) is 2. The summed E-state index contributed by atoms with van der Waals surface area (Å²) in [6.07, 6.45) is 0. The number of anilines is 1. The smallest absolute Gasteiger partial charge is 0.143 e. The molecule has 3 N–H and O–H groups in total. The number of aromatic nitrogens is 2. The van der Waals surface area contributed by atoms with Crippen molar-refractivity contribution in [2.45, 2.75) is 36.8 Å². The van der Waals surface area contributed by atoms with Crippen LogP contribution in [-0.2, 0) is 11.2 Å². The molecule has 0 aliphatic rings. The van der Waals surface area contributed by atoms with Crippen molar-refractivity contribution < 1.29 is 0 Å². The van der Waals surface area contributed by atoms with Gasteiger partial charge < -0.3 is 5.43 Å². The van der Waals surface area contributed by atoms with Gasteiger partial charge in [-0.3, -0.25) is 0 Å². The van der Waals surface area contributed by atoms with E-state index in [1.807, 2.05) is 24.3 Å². The molecule has 4 nitrogen and oxygen atoms in total. The number of thioether (sulfide) groups is 1. The number of halogens is 1. The number of benzene rings is 1. The lowest BCUT2D eigenvalue weighted by atomic mass is 9.92. The van der Waals surface area contributed by atoms with E-state index in [-0.39, 0.29) is 5.41 Å². The SMILES string of the molecule is CC(C)(C)c1cc(NN)nc(CSc2ccccc2Br)n1. The van der Waals surface area contributed by atoms with Gasteiger partial charge in [-0.15, -0.1) is 11.8 Å². The van der Waals surface area contributed by atoms with Crippen molar-refractivity contribution in [3.8, 4) is 0 Å². The maximum Gasteiger partial charge on any atom is 0.143 e. The van der Waals surface area contributed by atoms with Crippen molar-refractivity contribution in [2.75, 3.05) is 5.43 Å². The molecule has 0 aliphatic heterocycles. The van der Waals surface area contributed by atoms with Crippen LogP contribution in [0.25, 0.3) is 0 Å². The Hall–Kier alpha value is -1.11. The molecular weight excluding hydrogens is 348 g/mol. The van der Waals surface area contributed by atoms with E-state index in [9.17, 15) is 0 Å². The summed E-state index contributed by atoms with van der Waals surface area (Å²) >= 11 is 5.25. The average molecular weight is 367 g/mol. The molecule has 2 rings (SSSR count). The van der Waals surface area contributed by atoms with Crippen LogP contribution in [0, 0.1) is 0 Å². The highest BCUT2D eigenvalue weighted by Crippen LogP contribution is 2.30. The second kappa shape index (κ2) is 6.77. The number of hydrogen-bond acceptors (Lipinski definition) is 5. The van der Waals surface area contributed by atoms with Crippen LogP contribution in [0.3, 0.4) is 0 Å². The summed E-state index contributed by atoms with van der Waals surface area (Å²) in [5.41, 5.74) is 3.56. The molecule has 1 aromatic carbocycles. The van der Waals surface area contributed by atoms with E-state index in [1.165, 1.54) is 4.90 Å². The molecule has 0 atom stereocenters. The summed E-state index contributed by atoms with van der Waals surface area (Å²) < 4.78 is 1.08. The Morgan fingerprint density at radius 3 is 2.57 bits per heavy atom. The quantitative estimate of drug-likeness (QED) is 0.484. The zero-order chi connectivity index (χ0) is 15.5. The predicted molar refractivity (Wildman–Crippen MR) is 92.2 cm³/mol. The molecule has 0 saturated heterocycles.